The van der Waals surface area contributed by atoms with Crippen molar-refractivity contribution < 1.29 is 9.26 Å². The standard InChI is InChI=1S/C6H12O2Si/c1-3-4-5-9(8)6(2)7/h3-5H2,1-2H3. The Morgan fingerprint density at radius 3 is 2.44 bits per heavy atom. The van der Waals surface area contributed by atoms with Gasteiger partial charge in [0.05, 0.1) is 0 Å². The van der Waals surface area contributed by atoms with Gasteiger partial charge in [-0.15, -0.1) is 0 Å². The van der Waals surface area contributed by atoms with E-state index in [1.165, 1.54) is 6.92 Å². The Kier molecular flexibility index (Phi) is 4.40. The van der Waals surface area contributed by atoms with Crippen LogP contribution in [0.25, 0.3) is 0 Å². The molecular weight excluding hydrogens is 132 g/mol. The molecule has 0 aromatic carbocycles. The molecule has 0 rings (SSSR count). The molecule has 3 heteroatoms. The summed E-state index contributed by atoms with van der Waals surface area (Å²) in [6.07, 6.45) is 1.93. The van der Waals surface area contributed by atoms with Crippen LogP contribution >= 0.6 is 0 Å². The molecule has 0 N–H and O–H groups in total. The van der Waals surface area contributed by atoms with Crippen LogP contribution in [0.1, 0.15) is 26.7 Å². The fourth-order valence-electron chi connectivity index (χ4n) is 0.513. The monoisotopic (exact) mass is 144 g/mol. The number of hydrogen-bond acceptors (Lipinski definition) is 2. The zero-order valence-corrected chi connectivity index (χ0v) is 6.94. The first-order chi connectivity index (χ1) is 4.18. The Morgan fingerprint density at radius 2 is 2.11 bits per heavy atom. The van der Waals surface area contributed by atoms with Crippen LogP contribution in [0.5, 0.6) is 0 Å². The van der Waals surface area contributed by atoms with Gasteiger partial charge in [0, 0.05) is 0 Å². The summed E-state index contributed by atoms with van der Waals surface area (Å²) in [6, 6.07) is 0.608. The van der Waals surface area contributed by atoms with E-state index in [1.54, 1.807) is 0 Å². The Hall–Kier alpha value is -0.313. The molecule has 2 nitrogen and oxygen atoms in total. The van der Waals surface area contributed by atoms with Crippen molar-refractivity contribution >= 4 is 14.1 Å². The molecule has 0 aliphatic rings. The maximum Gasteiger partial charge on any atom is 0.349 e. The van der Waals surface area contributed by atoms with Gasteiger partial charge in [0.25, 0.3) is 0 Å². The van der Waals surface area contributed by atoms with Crippen LogP contribution in [-0.2, 0) is 9.26 Å². The van der Waals surface area contributed by atoms with Crippen LogP contribution in [-0.4, -0.2) is 14.1 Å². The summed E-state index contributed by atoms with van der Waals surface area (Å²) in [5.74, 6) is 0. The van der Waals surface area contributed by atoms with Gasteiger partial charge in [-0.05, 0) is 19.4 Å². The molecule has 0 fully saturated rings. The number of hydrogen-bond donors (Lipinski definition) is 0. The summed E-state index contributed by atoms with van der Waals surface area (Å²) in [7, 11) is -1.86. The molecule has 0 saturated carbocycles. The van der Waals surface area contributed by atoms with Crippen molar-refractivity contribution in [2.75, 3.05) is 0 Å². The Bertz CT molecular complexity index is 120. The minimum Gasteiger partial charge on any atom is -0.379 e. The van der Waals surface area contributed by atoms with E-state index in [4.69, 9.17) is 0 Å². The molecule has 0 radical (unpaired) electrons. The quantitative estimate of drug-likeness (QED) is 0.558. The predicted octanol–water partition coefficient (Wildman–Crippen LogP) is 1.34. The molecule has 9 heavy (non-hydrogen) atoms. The summed E-state index contributed by atoms with van der Waals surface area (Å²) in [6.45, 7) is 3.42. The fourth-order valence-corrected chi connectivity index (χ4v) is 1.54. The van der Waals surface area contributed by atoms with Crippen molar-refractivity contribution in [3.63, 3.8) is 0 Å². The lowest BCUT2D eigenvalue weighted by molar-refractivity contribution is -0.110. The molecule has 0 amide bonds. The van der Waals surface area contributed by atoms with Gasteiger partial charge in [-0.1, -0.05) is 13.3 Å². The van der Waals surface area contributed by atoms with Gasteiger partial charge >= 0.3 is 8.68 Å². The lowest BCUT2D eigenvalue weighted by atomic mass is 10.4. The topological polar surface area (TPSA) is 34.1 Å². The molecule has 0 unspecified atom stereocenters. The lowest BCUT2D eigenvalue weighted by Crippen LogP contribution is -2.10. The van der Waals surface area contributed by atoms with E-state index >= 15 is 0 Å². The zero-order valence-electron chi connectivity index (χ0n) is 5.94. The van der Waals surface area contributed by atoms with E-state index < -0.39 is 8.68 Å². The second-order valence-electron chi connectivity index (χ2n) is 2.08. The Morgan fingerprint density at radius 1 is 1.56 bits per heavy atom. The molecule has 0 aliphatic heterocycles. The first-order valence-corrected chi connectivity index (χ1v) is 4.83. The third kappa shape index (κ3) is 4.21. The average Bonchev–Trinajstić information content (AvgIpc) is 1.82. The molecule has 0 aromatic rings. The van der Waals surface area contributed by atoms with Gasteiger partial charge in [-0.3, -0.25) is 4.79 Å². The van der Waals surface area contributed by atoms with Crippen molar-refractivity contribution in [3.8, 4) is 0 Å². The van der Waals surface area contributed by atoms with E-state index in [0.29, 0.717) is 6.04 Å². The van der Waals surface area contributed by atoms with Gasteiger partial charge in [0.1, 0.15) is 0 Å². The van der Waals surface area contributed by atoms with E-state index in [1.807, 2.05) is 6.92 Å². The van der Waals surface area contributed by atoms with E-state index in [9.17, 15) is 9.26 Å². The third-order valence-electron chi connectivity index (χ3n) is 1.15. The average molecular weight is 144 g/mol. The summed E-state index contributed by atoms with van der Waals surface area (Å²) in [5, 5.41) is -0.131. The summed E-state index contributed by atoms with van der Waals surface area (Å²) in [4.78, 5) is 10.4. The number of rotatable bonds is 4. The van der Waals surface area contributed by atoms with E-state index in [-0.39, 0.29) is 5.41 Å². The van der Waals surface area contributed by atoms with Gasteiger partial charge in [-0.2, -0.15) is 0 Å². The maximum absolute atomic E-state index is 10.7. The molecular formula is C6H12O2Si. The second kappa shape index (κ2) is 4.55. The number of unbranched alkanes of at least 4 members (excludes halogenated alkanes) is 1. The Balaban J connectivity index is 3.39. The van der Waals surface area contributed by atoms with Gasteiger partial charge in [-0.25, -0.2) is 0 Å². The molecule has 0 saturated heterocycles. The summed E-state index contributed by atoms with van der Waals surface area (Å²) < 4.78 is 10.7. The van der Waals surface area contributed by atoms with Crippen molar-refractivity contribution in [3.05, 3.63) is 0 Å². The smallest absolute Gasteiger partial charge is 0.349 e. The van der Waals surface area contributed by atoms with Crippen molar-refractivity contribution in [1.29, 1.82) is 0 Å². The molecule has 52 valence electrons. The van der Waals surface area contributed by atoms with Crippen LogP contribution in [0.3, 0.4) is 0 Å². The molecule has 0 bridgehead atoms. The minimum atomic E-state index is -1.86. The lowest BCUT2D eigenvalue weighted by Gasteiger charge is -1.88. The summed E-state index contributed by atoms with van der Waals surface area (Å²) >= 11 is 0. The largest absolute Gasteiger partial charge is 0.379 e. The highest BCUT2D eigenvalue weighted by Crippen LogP contribution is 1.95. The van der Waals surface area contributed by atoms with Crippen LogP contribution in [0.2, 0.25) is 6.04 Å². The first-order valence-electron chi connectivity index (χ1n) is 3.22. The zero-order chi connectivity index (χ0) is 7.28. The van der Waals surface area contributed by atoms with Gasteiger partial charge < -0.3 is 4.46 Å². The summed E-state index contributed by atoms with van der Waals surface area (Å²) in [5.41, 5.74) is 0. The highest BCUT2D eigenvalue weighted by atomic mass is 28.3. The van der Waals surface area contributed by atoms with Crippen molar-refractivity contribution in [2.45, 2.75) is 32.7 Å². The normalized spacial score (nSPS) is 9.11. The number of carbonyl (C=O) groups excluding carboxylic acids is 1. The van der Waals surface area contributed by atoms with Crippen molar-refractivity contribution in [1.82, 2.24) is 0 Å². The molecule has 0 aliphatic carbocycles. The molecule has 0 aromatic heterocycles. The van der Waals surface area contributed by atoms with Crippen LogP contribution in [0, 0.1) is 0 Å². The molecule has 0 atom stereocenters. The van der Waals surface area contributed by atoms with Crippen LogP contribution in [0.4, 0.5) is 0 Å². The maximum atomic E-state index is 10.7. The molecule has 0 heterocycles. The predicted molar refractivity (Wildman–Crippen MR) is 36.8 cm³/mol. The first kappa shape index (κ1) is 8.69. The highest BCUT2D eigenvalue weighted by molar-refractivity contribution is 6.78. The number of carbonyl (C=O) groups is 1. The van der Waals surface area contributed by atoms with Gasteiger partial charge in [0.15, 0.2) is 5.41 Å². The van der Waals surface area contributed by atoms with E-state index in [2.05, 4.69) is 0 Å². The fraction of sp³-hybridized carbons (Fsp3) is 0.833. The highest BCUT2D eigenvalue weighted by Gasteiger charge is 2.08. The Labute approximate surface area is 56.9 Å². The third-order valence-corrected chi connectivity index (χ3v) is 2.74. The van der Waals surface area contributed by atoms with Crippen LogP contribution in [0.15, 0.2) is 0 Å². The van der Waals surface area contributed by atoms with E-state index in [0.717, 1.165) is 12.8 Å². The minimum absolute atomic E-state index is 0.131. The SMILES string of the molecule is CCCC[Si](=O)C(C)=O. The second-order valence-corrected chi connectivity index (χ2v) is 4.13. The van der Waals surface area contributed by atoms with Crippen LogP contribution < -0.4 is 0 Å². The van der Waals surface area contributed by atoms with Gasteiger partial charge in [0.2, 0.25) is 0 Å². The van der Waals surface area contributed by atoms with Crippen molar-refractivity contribution in [2.24, 2.45) is 0 Å². The molecule has 0 spiro atoms.